The molecule has 0 bridgehead atoms. The van der Waals surface area contributed by atoms with Gasteiger partial charge in [-0.1, -0.05) is 35.0 Å². The molecule has 0 fully saturated rings. The van der Waals surface area contributed by atoms with Crippen molar-refractivity contribution < 1.29 is 28.9 Å². The van der Waals surface area contributed by atoms with Crippen LogP contribution in [-0.4, -0.2) is 42.7 Å². The van der Waals surface area contributed by atoms with Crippen LogP contribution in [0.25, 0.3) is 0 Å². The van der Waals surface area contributed by atoms with Gasteiger partial charge in [-0.25, -0.2) is 4.79 Å². The van der Waals surface area contributed by atoms with Crippen molar-refractivity contribution in [2.24, 2.45) is 5.92 Å². The minimum absolute atomic E-state index is 0.0131. The average molecular weight is 512 g/mol. The van der Waals surface area contributed by atoms with E-state index < -0.39 is 18.2 Å². The highest BCUT2D eigenvalue weighted by Crippen LogP contribution is 2.30. The Hall–Kier alpha value is -2.23. The van der Waals surface area contributed by atoms with Crippen molar-refractivity contribution in [2.75, 3.05) is 30.9 Å². The third kappa shape index (κ3) is 8.80. The van der Waals surface area contributed by atoms with Crippen molar-refractivity contribution in [3.05, 3.63) is 58.6 Å². The smallest absolute Gasteiger partial charge is 0.412 e. The predicted octanol–water partition coefficient (Wildman–Crippen LogP) is 4.61. The van der Waals surface area contributed by atoms with E-state index in [1.54, 1.807) is 36.4 Å². The highest BCUT2D eigenvalue weighted by molar-refractivity contribution is 9.10. The molecule has 1 amide bonds. The Morgan fingerprint density at radius 3 is 2.39 bits per heavy atom. The van der Waals surface area contributed by atoms with Crippen LogP contribution in [0.2, 0.25) is 0 Å². The van der Waals surface area contributed by atoms with Gasteiger partial charge in [0.1, 0.15) is 18.5 Å². The molecule has 0 saturated heterocycles. The number of rotatable bonds is 11. The lowest BCUT2D eigenvalue weighted by atomic mass is 9.94. The molecule has 7 nitrogen and oxygen atoms in total. The van der Waals surface area contributed by atoms with Crippen molar-refractivity contribution in [2.45, 2.75) is 19.4 Å². The number of aliphatic hydroxyl groups excluding tert-OH is 1. The summed E-state index contributed by atoms with van der Waals surface area (Å²) < 4.78 is 17.1. The number of anilines is 1. The number of hydrogen-bond acceptors (Lipinski definition) is 7. The van der Waals surface area contributed by atoms with E-state index in [4.69, 9.17) is 19.3 Å². The van der Waals surface area contributed by atoms with Gasteiger partial charge in [-0.05, 0) is 48.4 Å². The highest BCUT2D eigenvalue weighted by atomic mass is 79.9. The molecular weight excluding hydrogens is 486 g/mol. The van der Waals surface area contributed by atoms with E-state index in [9.17, 15) is 9.59 Å². The number of halogens is 1. The van der Waals surface area contributed by atoms with Crippen LogP contribution in [0.1, 0.15) is 25.0 Å². The monoisotopic (exact) mass is 511 g/mol. The third-order valence-corrected chi connectivity index (χ3v) is 5.16. The standard InChI is InChI=1S/C22H26BrNO6S/c1-15(10-12-29-20(26)14-31)21(16-2-8-19(9-3-16)28-13-11-25)30-22(27)24-18-6-4-17(23)5-7-18/h2-9,15,21,25,31H,10-14H2,1H3,(H,24,27)/t15-,21-/m1/s1. The van der Waals surface area contributed by atoms with Gasteiger partial charge in [0.25, 0.3) is 0 Å². The van der Waals surface area contributed by atoms with Crippen molar-refractivity contribution in [3.63, 3.8) is 0 Å². The molecule has 0 radical (unpaired) electrons. The highest BCUT2D eigenvalue weighted by Gasteiger charge is 2.24. The molecule has 2 aromatic rings. The zero-order valence-electron chi connectivity index (χ0n) is 17.1. The fraction of sp³-hybridized carbons (Fsp3) is 0.364. The Morgan fingerprint density at radius 1 is 1.10 bits per heavy atom. The summed E-state index contributed by atoms with van der Waals surface area (Å²) in [6, 6.07) is 14.3. The van der Waals surface area contributed by atoms with Crippen LogP contribution >= 0.6 is 28.6 Å². The quantitative estimate of drug-likeness (QED) is 0.301. The zero-order valence-corrected chi connectivity index (χ0v) is 19.6. The lowest BCUT2D eigenvalue weighted by molar-refractivity contribution is -0.141. The molecule has 2 aromatic carbocycles. The minimum Gasteiger partial charge on any atom is -0.491 e. The molecule has 2 rings (SSSR count). The second kappa shape index (κ2) is 13.2. The van der Waals surface area contributed by atoms with E-state index in [0.717, 1.165) is 10.0 Å². The lowest BCUT2D eigenvalue weighted by Gasteiger charge is -2.25. The summed E-state index contributed by atoms with van der Waals surface area (Å²) >= 11 is 7.24. The molecule has 0 heterocycles. The summed E-state index contributed by atoms with van der Waals surface area (Å²) in [6.45, 7) is 2.24. The SMILES string of the molecule is C[C@H](CCOC(=O)CS)[C@@H](OC(=O)Nc1ccc(Br)cc1)c1ccc(OCCO)cc1. The number of thiol groups is 1. The van der Waals surface area contributed by atoms with Gasteiger partial charge in [0.2, 0.25) is 0 Å². The minimum atomic E-state index is -0.591. The van der Waals surface area contributed by atoms with Crippen LogP contribution in [0.5, 0.6) is 5.75 Å². The average Bonchev–Trinajstić information content (AvgIpc) is 2.77. The summed E-state index contributed by atoms with van der Waals surface area (Å²) in [5.74, 6) is 0.0874. The van der Waals surface area contributed by atoms with Gasteiger partial charge < -0.3 is 19.3 Å². The van der Waals surface area contributed by atoms with Gasteiger partial charge in [0.15, 0.2) is 0 Å². The fourth-order valence-corrected chi connectivity index (χ4v) is 3.14. The lowest BCUT2D eigenvalue weighted by Crippen LogP contribution is -2.23. The van der Waals surface area contributed by atoms with E-state index in [0.29, 0.717) is 17.9 Å². The topological polar surface area (TPSA) is 94.1 Å². The number of carbonyl (C=O) groups excluding carboxylic acids is 2. The van der Waals surface area contributed by atoms with Crippen LogP contribution in [0, 0.1) is 5.92 Å². The largest absolute Gasteiger partial charge is 0.491 e. The van der Waals surface area contributed by atoms with Gasteiger partial charge in [0.05, 0.1) is 19.0 Å². The first-order valence-corrected chi connectivity index (χ1v) is 11.2. The van der Waals surface area contributed by atoms with E-state index in [1.165, 1.54) is 0 Å². The number of carbonyl (C=O) groups is 2. The van der Waals surface area contributed by atoms with Gasteiger partial charge >= 0.3 is 12.1 Å². The van der Waals surface area contributed by atoms with Crippen LogP contribution in [-0.2, 0) is 14.3 Å². The fourth-order valence-electron chi connectivity index (χ4n) is 2.78. The number of hydrogen-bond donors (Lipinski definition) is 3. The van der Waals surface area contributed by atoms with E-state index in [-0.39, 0.29) is 31.5 Å². The number of nitrogens with one attached hydrogen (secondary N) is 1. The Bertz CT molecular complexity index is 831. The Kier molecular flexibility index (Phi) is 10.7. The summed E-state index contributed by atoms with van der Waals surface area (Å²) in [6.07, 6.45) is -0.664. The first-order valence-electron chi connectivity index (χ1n) is 9.76. The summed E-state index contributed by atoms with van der Waals surface area (Å²) in [4.78, 5) is 23.9. The molecule has 168 valence electrons. The van der Waals surface area contributed by atoms with E-state index in [2.05, 4.69) is 33.9 Å². The van der Waals surface area contributed by atoms with Crippen molar-refractivity contribution >= 4 is 46.3 Å². The number of benzene rings is 2. The molecule has 0 unspecified atom stereocenters. The molecule has 9 heteroatoms. The van der Waals surface area contributed by atoms with Crippen LogP contribution in [0.4, 0.5) is 10.5 Å². The molecule has 0 spiro atoms. The van der Waals surface area contributed by atoms with E-state index >= 15 is 0 Å². The third-order valence-electron chi connectivity index (χ3n) is 4.38. The van der Waals surface area contributed by atoms with Crippen LogP contribution < -0.4 is 10.1 Å². The summed E-state index contributed by atoms with van der Waals surface area (Å²) in [5, 5.41) is 11.6. The molecule has 0 saturated carbocycles. The number of esters is 1. The molecular formula is C22H26BrNO6S. The molecule has 0 aliphatic rings. The van der Waals surface area contributed by atoms with Gasteiger partial charge in [-0.15, -0.1) is 0 Å². The molecule has 0 aromatic heterocycles. The first-order chi connectivity index (χ1) is 14.9. The molecule has 31 heavy (non-hydrogen) atoms. The van der Waals surface area contributed by atoms with Gasteiger partial charge in [-0.3, -0.25) is 10.1 Å². The maximum absolute atomic E-state index is 12.5. The Balaban J connectivity index is 2.09. The molecule has 0 aliphatic heterocycles. The molecule has 2 N–H and O–H groups in total. The Morgan fingerprint density at radius 2 is 1.77 bits per heavy atom. The normalized spacial score (nSPS) is 12.5. The van der Waals surface area contributed by atoms with E-state index in [1.807, 2.05) is 19.1 Å². The van der Waals surface area contributed by atoms with Crippen LogP contribution in [0.3, 0.4) is 0 Å². The van der Waals surface area contributed by atoms with Crippen molar-refractivity contribution in [1.82, 2.24) is 0 Å². The maximum Gasteiger partial charge on any atom is 0.412 e. The van der Waals surface area contributed by atoms with Crippen LogP contribution in [0.15, 0.2) is 53.0 Å². The summed E-state index contributed by atoms with van der Waals surface area (Å²) in [7, 11) is 0. The predicted molar refractivity (Wildman–Crippen MR) is 125 cm³/mol. The van der Waals surface area contributed by atoms with Gasteiger partial charge in [0, 0.05) is 16.1 Å². The zero-order chi connectivity index (χ0) is 22.6. The first kappa shape index (κ1) is 25.0. The van der Waals surface area contributed by atoms with Crippen molar-refractivity contribution in [3.8, 4) is 5.75 Å². The molecule has 0 aliphatic carbocycles. The Labute approximate surface area is 195 Å². The number of amides is 1. The summed E-state index contributed by atoms with van der Waals surface area (Å²) in [5.41, 5.74) is 1.38. The second-order valence-electron chi connectivity index (χ2n) is 6.74. The second-order valence-corrected chi connectivity index (χ2v) is 7.98. The number of ether oxygens (including phenoxy) is 3. The van der Waals surface area contributed by atoms with Crippen molar-refractivity contribution in [1.29, 1.82) is 0 Å². The maximum atomic E-state index is 12.5. The van der Waals surface area contributed by atoms with Gasteiger partial charge in [-0.2, -0.15) is 12.6 Å². The number of aliphatic hydroxyl groups is 1. The molecule has 2 atom stereocenters.